The molecule has 0 aromatic heterocycles. The van der Waals surface area contributed by atoms with Crippen LogP contribution in [0.2, 0.25) is 0 Å². The smallest absolute Gasteiger partial charge is 0.241 e. The van der Waals surface area contributed by atoms with Gasteiger partial charge < -0.3 is 20.1 Å². The number of amides is 1. The number of nitrogens with one attached hydrogen (secondary N) is 3. The molecular formula is C18H28ClN3O5S. The van der Waals surface area contributed by atoms with Gasteiger partial charge in [-0.25, -0.2) is 13.1 Å². The molecule has 1 aromatic rings. The molecule has 1 amide bonds. The van der Waals surface area contributed by atoms with Crippen LogP contribution in [-0.4, -0.2) is 54.2 Å². The molecule has 28 heavy (non-hydrogen) atoms. The standard InChI is InChI=1S/C18H27N3O5S.ClH/c1-25-13-18(4-6-19-7-5-18)12-20-17(22)9-21-27(23,24)16-3-2-14-10-26-11-15(14)8-16;/h2-3,8,19,21H,4-7,9-13H2,1H3,(H,20,22);1H. The fraction of sp³-hybridized carbons (Fsp3) is 0.611. The number of hydrogen-bond donors (Lipinski definition) is 3. The highest BCUT2D eigenvalue weighted by molar-refractivity contribution is 7.89. The van der Waals surface area contributed by atoms with Crippen LogP contribution in [0.3, 0.4) is 0 Å². The minimum atomic E-state index is -3.75. The zero-order chi connectivity index (χ0) is 19.3. The summed E-state index contributed by atoms with van der Waals surface area (Å²) in [5.41, 5.74) is 1.76. The van der Waals surface area contributed by atoms with E-state index in [1.54, 1.807) is 19.2 Å². The predicted molar refractivity (Wildman–Crippen MR) is 107 cm³/mol. The van der Waals surface area contributed by atoms with Gasteiger partial charge in [-0.1, -0.05) is 6.07 Å². The number of hydrogen-bond acceptors (Lipinski definition) is 6. The maximum Gasteiger partial charge on any atom is 0.241 e. The summed E-state index contributed by atoms with van der Waals surface area (Å²) < 4.78 is 37.9. The molecule has 0 bridgehead atoms. The number of sulfonamides is 1. The Balaban J connectivity index is 0.00000280. The fourth-order valence-electron chi connectivity index (χ4n) is 3.54. The van der Waals surface area contributed by atoms with E-state index >= 15 is 0 Å². The first-order valence-corrected chi connectivity index (χ1v) is 10.6. The first-order chi connectivity index (χ1) is 12.9. The molecule has 1 fully saturated rings. The molecule has 0 spiro atoms. The number of halogens is 1. The van der Waals surface area contributed by atoms with E-state index in [2.05, 4.69) is 15.4 Å². The summed E-state index contributed by atoms with van der Waals surface area (Å²) in [5.74, 6) is -0.350. The van der Waals surface area contributed by atoms with Crippen LogP contribution in [-0.2, 0) is 37.5 Å². The van der Waals surface area contributed by atoms with Crippen molar-refractivity contribution in [2.75, 3.05) is 39.9 Å². The molecular weight excluding hydrogens is 406 g/mol. The summed E-state index contributed by atoms with van der Waals surface area (Å²) in [6.45, 7) is 3.43. The lowest BCUT2D eigenvalue weighted by Gasteiger charge is -2.37. The minimum absolute atomic E-state index is 0. The van der Waals surface area contributed by atoms with Crippen LogP contribution in [0.15, 0.2) is 23.1 Å². The van der Waals surface area contributed by atoms with Gasteiger partial charge in [0, 0.05) is 19.1 Å². The molecule has 2 aliphatic heterocycles. The summed E-state index contributed by atoms with van der Waals surface area (Å²) in [4.78, 5) is 12.3. The third kappa shape index (κ3) is 5.65. The average Bonchev–Trinajstić information content (AvgIpc) is 3.14. The molecule has 2 heterocycles. The predicted octanol–water partition coefficient (Wildman–Crippen LogP) is 0.549. The number of piperidine rings is 1. The van der Waals surface area contributed by atoms with Crippen LogP contribution in [0.25, 0.3) is 0 Å². The molecule has 10 heteroatoms. The number of carbonyl (C=O) groups is 1. The zero-order valence-electron chi connectivity index (χ0n) is 16.0. The van der Waals surface area contributed by atoms with Crippen LogP contribution in [0.1, 0.15) is 24.0 Å². The van der Waals surface area contributed by atoms with Crippen LogP contribution in [0.4, 0.5) is 0 Å². The van der Waals surface area contributed by atoms with Crippen LogP contribution >= 0.6 is 12.4 Å². The number of rotatable bonds is 8. The Morgan fingerprint density at radius 1 is 1.25 bits per heavy atom. The van der Waals surface area contributed by atoms with Gasteiger partial charge in [0.2, 0.25) is 15.9 Å². The largest absolute Gasteiger partial charge is 0.384 e. The molecule has 0 atom stereocenters. The van der Waals surface area contributed by atoms with Crippen molar-refractivity contribution in [1.82, 2.24) is 15.4 Å². The molecule has 3 rings (SSSR count). The third-order valence-electron chi connectivity index (χ3n) is 5.20. The van der Waals surface area contributed by atoms with E-state index in [1.165, 1.54) is 6.07 Å². The topological polar surface area (TPSA) is 106 Å². The van der Waals surface area contributed by atoms with Crippen LogP contribution < -0.4 is 15.4 Å². The van der Waals surface area contributed by atoms with E-state index in [0.29, 0.717) is 26.4 Å². The average molecular weight is 434 g/mol. The van der Waals surface area contributed by atoms with Gasteiger partial charge >= 0.3 is 0 Å². The zero-order valence-corrected chi connectivity index (χ0v) is 17.6. The highest BCUT2D eigenvalue weighted by Crippen LogP contribution is 2.28. The summed E-state index contributed by atoms with van der Waals surface area (Å²) in [7, 11) is -2.09. The second-order valence-electron chi connectivity index (χ2n) is 7.21. The molecule has 2 aliphatic rings. The Bertz CT molecular complexity index is 776. The van der Waals surface area contributed by atoms with Gasteiger partial charge in [-0.3, -0.25) is 4.79 Å². The second-order valence-corrected chi connectivity index (χ2v) is 8.97. The number of benzene rings is 1. The monoisotopic (exact) mass is 433 g/mol. The lowest BCUT2D eigenvalue weighted by Crippen LogP contribution is -2.48. The molecule has 8 nitrogen and oxygen atoms in total. The maximum absolute atomic E-state index is 12.4. The van der Waals surface area contributed by atoms with Crippen molar-refractivity contribution >= 4 is 28.3 Å². The minimum Gasteiger partial charge on any atom is -0.384 e. The lowest BCUT2D eigenvalue weighted by molar-refractivity contribution is -0.120. The van der Waals surface area contributed by atoms with Gasteiger partial charge in [0.05, 0.1) is 31.3 Å². The Kier molecular flexibility index (Phi) is 8.23. The van der Waals surface area contributed by atoms with E-state index < -0.39 is 10.0 Å². The Labute approximate surface area is 172 Å². The van der Waals surface area contributed by atoms with Gasteiger partial charge in [0.15, 0.2) is 0 Å². The maximum atomic E-state index is 12.4. The van der Waals surface area contributed by atoms with Crippen molar-refractivity contribution in [3.63, 3.8) is 0 Å². The van der Waals surface area contributed by atoms with Gasteiger partial charge in [-0.05, 0) is 49.2 Å². The highest BCUT2D eigenvalue weighted by Gasteiger charge is 2.32. The fourth-order valence-corrected chi connectivity index (χ4v) is 4.58. The van der Waals surface area contributed by atoms with Crippen molar-refractivity contribution < 1.29 is 22.7 Å². The molecule has 0 unspecified atom stereocenters. The Morgan fingerprint density at radius 3 is 2.68 bits per heavy atom. The normalized spacial score (nSPS) is 18.2. The summed E-state index contributed by atoms with van der Waals surface area (Å²) >= 11 is 0. The van der Waals surface area contributed by atoms with Gasteiger partial charge in [-0.15, -0.1) is 12.4 Å². The van der Waals surface area contributed by atoms with Crippen molar-refractivity contribution in [2.45, 2.75) is 31.0 Å². The van der Waals surface area contributed by atoms with Gasteiger partial charge in [0.1, 0.15) is 0 Å². The molecule has 0 saturated carbocycles. The van der Waals surface area contributed by atoms with Crippen LogP contribution in [0, 0.1) is 5.41 Å². The number of ether oxygens (including phenoxy) is 2. The van der Waals surface area contributed by atoms with Crippen molar-refractivity contribution in [1.29, 1.82) is 0 Å². The summed E-state index contributed by atoms with van der Waals surface area (Å²) in [6.07, 6.45) is 1.81. The van der Waals surface area contributed by atoms with Gasteiger partial charge in [-0.2, -0.15) is 0 Å². The third-order valence-corrected chi connectivity index (χ3v) is 6.60. The van der Waals surface area contributed by atoms with E-state index in [9.17, 15) is 13.2 Å². The molecule has 1 saturated heterocycles. The molecule has 158 valence electrons. The van der Waals surface area contributed by atoms with Crippen molar-refractivity contribution in [3.8, 4) is 0 Å². The number of fused-ring (bicyclic) bond motifs is 1. The molecule has 0 radical (unpaired) electrons. The lowest BCUT2D eigenvalue weighted by atomic mass is 9.79. The summed E-state index contributed by atoms with van der Waals surface area (Å²) in [5, 5.41) is 6.15. The van der Waals surface area contributed by atoms with Crippen LogP contribution in [0.5, 0.6) is 0 Å². The van der Waals surface area contributed by atoms with Crippen molar-refractivity contribution in [2.24, 2.45) is 5.41 Å². The first kappa shape index (κ1) is 23.1. The highest BCUT2D eigenvalue weighted by atomic mass is 35.5. The Morgan fingerprint density at radius 2 is 1.96 bits per heavy atom. The molecule has 3 N–H and O–H groups in total. The summed E-state index contributed by atoms with van der Waals surface area (Å²) in [6, 6.07) is 4.89. The van der Waals surface area contributed by atoms with E-state index in [0.717, 1.165) is 37.1 Å². The number of methoxy groups -OCH3 is 1. The van der Waals surface area contributed by atoms with E-state index in [1.807, 2.05) is 0 Å². The first-order valence-electron chi connectivity index (χ1n) is 9.10. The van der Waals surface area contributed by atoms with Crippen molar-refractivity contribution in [3.05, 3.63) is 29.3 Å². The molecule has 1 aromatic carbocycles. The quantitative estimate of drug-likeness (QED) is 0.553. The van der Waals surface area contributed by atoms with E-state index in [-0.39, 0.29) is 35.2 Å². The van der Waals surface area contributed by atoms with Gasteiger partial charge in [0.25, 0.3) is 0 Å². The number of carbonyl (C=O) groups excluding carboxylic acids is 1. The van der Waals surface area contributed by atoms with E-state index in [4.69, 9.17) is 9.47 Å². The Hall–Kier alpha value is -1.23. The molecule has 0 aliphatic carbocycles. The second kappa shape index (κ2) is 10.00. The SMILES string of the molecule is COCC1(CNC(=O)CNS(=O)(=O)c2ccc3c(c2)COC3)CCNCC1.Cl.